The first-order valence-electron chi connectivity index (χ1n) is 6.77. The van der Waals surface area contributed by atoms with Crippen LogP contribution in [0, 0.1) is 0 Å². The lowest BCUT2D eigenvalue weighted by Crippen LogP contribution is -2.48. The average Bonchev–Trinajstić information content (AvgIpc) is 2.37. The second-order valence-electron chi connectivity index (χ2n) is 5.59. The molecule has 0 radical (unpaired) electrons. The highest BCUT2D eigenvalue weighted by Gasteiger charge is 2.31. The molecular formula is C15H20N2O3. The van der Waals surface area contributed by atoms with Crippen molar-refractivity contribution in [2.24, 2.45) is 0 Å². The van der Waals surface area contributed by atoms with Crippen LogP contribution in [0.3, 0.4) is 0 Å². The van der Waals surface area contributed by atoms with Gasteiger partial charge in [-0.1, -0.05) is 0 Å². The number of hydrogen-bond donors (Lipinski definition) is 2. The number of amides is 2. The minimum Gasteiger partial charge on any atom is -0.388 e. The summed E-state index contributed by atoms with van der Waals surface area (Å²) in [7, 11) is 0. The fourth-order valence-corrected chi connectivity index (χ4v) is 2.48. The van der Waals surface area contributed by atoms with Crippen LogP contribution < -0.4 is 5.32 Å². The number of likely N-dealkylation sites (tertiary alicyclic amines) is 1. The van der Waals surface area contributed by atoms with Gasteiger partial charge in [0.25, 0.3) is 5.91 Å². The Labute approximate surface area is 118 Å². The molecule has 2 N–H and O–H groups in total. The van der Waals surface area contributed by atoms with Gasteiger partial charge in [0.1, 0.15) is 0 Å². The third-order valence-corrected chi connectivity index (χ3v) is 3.41. The molecule has 1 unspecified atom stereocenters. The van der Waals surface area contributed by atoms with E-state index in [2.05, 4.69) is 5.32 Å². The standard InChI is InChI=1S/C15H20N2O3/c1-11(18)16-13-6-4-12(5-7-13)14(19)17-9-3-8-15(2,20)10-17/h4-7,20H,3,8-10H2,1-2H3,(H,16,18). The molecule has 1 saturated heterocycles. The summed E-state index contributed by atoms with van der Waals surface area (Å²) < 4.78 is 0. The van der Waals surface area contributed by atoms with Crippen molar-refractivity contribution in [1.29, 1.82) is 0 Å². The Balaban J connectivity index is 2.07. The fraction of sp³-hybridized carbons (Fsp3) is 0.467. The molecule has 108 valence electrons. The van der Waals surface area contributed by atoms with Crippen molar-refractivity contribution in [3.63, 3.8) is 0 Å². The van der Waals surface area contributed by atoms with Crippen LogP contribution in [0.25, 0.3) is 0 Å². The number of carbonyl (C=O) groups excluding carboxylic acids is 2. The second kappa shape index (κ2) is 5.63. The van der Waals surface area contributed by atoms with E-state index in [1.807, 2.05) is 0 Å². The molecule has 0 aromatic heterocycles. The quantitative estimate of drug-likeness (QED) is 0.862. The zero-order valence-corrected chi connectivity index (χ0v) is 11.8. The van der Waals surface area contributed by atoms with Crippen LogP contribution in [0.2, 0.25) is 0 Å². The van der Waals surface area contributed by atoms with Crippen LogP contribution in [0.1, 0.15) is 37.0 Å². The summed E-state index contributed by atoms with van der Waals surface area (Å²) in [6, 6.07) is 6.79. The summed E-state index contributed by atoms with van der Waals surface area (Å²) in [5, 5.41) is 12.7. The molecule has 1 aromatic carbocycles. The molecule has 1 aliphatic heterocycles. The van der Waals surface area contributed by atoms with E-state index in [0.717, 1.165) is 12.8 Å². The van der Waals surface area contributed by atoms with Crippen molar-refractivity contribution in [3.05, 3.63) is 29.8 Å². The molecule has 5 heteroatoms. The maximum absolute atomic E-state index is 12.3. The van der Waals surface area contributed by atoms with E-state index in [0.29, 0.717) is 24.3 Å². The summed E-state index contributed by atoms with van der Waals surface area (Å²) in [4.78, 5) is 25.0. The zero-order valence-electron chi connectivity index (χ0n) is 11.8. The summed E-state index contributed by atoms with van der Waals surface area (Å²) in [6.45, 7) is 4.23. The summed E-state index contributed by atoms with van der Waals surface area (Å²) in [5.41, 5.74) is 0.431. The number of rotatable bonds is 2. The van der Waals surface area contributed by atoms with Gasteiger partial charge in [0.2, 0.25) is 5.91 Å². The van der Waals surface area contributed by atoms with Crippen LogP contribution >= 0.6 is 0 Å². The maximum atomic E-state index is 12.3. The van der Waals surface area contributed by atoms with E-state index in [1.54, 1.807) is 36.1 Å². The number of nitrogens with one attached hydrogen (secondary N) is 1. The van der Waals surface area contributed by atoms with Crippen molar-refractivity contribution in [3.8, 4) is 0 Å². The Hall–Kier alpha value is -1.88. The highest BCUT2D eigenvalue weighted by atomic mass is 16.3. The van der Waals surface area contributed by atoms with E-state index < -0.39 is 5.60 Å². The van der Waals surface area contributed by atoms with Gasteiger partial charge in [0, 0.05) is 31.3 Å². The molecule has 1 atom stereocenters. The van der Waals surface area contributed by atoms with Gasteiger partial charge in [-0.3, -0.25) is 9.59 Å². The predicted octanol–water partition coefficient (Wildman–Crippen LogP) is 1.63. The van der Waals surface area contributed by atoms with Gasteiger partial charge in [-0.05, 0) is 44.0 Å². The summed E-state index contributed by atoms with van der Waals surface area (Å²) >= 11 is 0. The lowest BCUT2D eigenvalue weighted by Gasteiger charge is -2.36. The first kappa shape index (κ1) is 14.5. The first-order chi connectivity index (χ1) is 9.37. The molecule has 1 aliphatic rings. The van der Waals surface area contributed by atoms with Crippen molar-refractivity contribution in [1.82, 2.24) is 4.90 Å². The molecule has 20 heavy (non-hydrogen) atoms. The van der Waals surface area contributed by atoms with Crippen LogP contribution in [0.15, 0.2) is 24.3 Å². The fourth-order valence-electron chi connectivity index (χ4n) is 2.48. The van der Waals surface area contributed by atoms with E-state index in [-0.39, 0.29) is 11.8 Å². The normalized spacial score (nSPS) is 22.4. The van der Waals surface area contributed by atoms with Crippen LogP contribution in [0.5, 0.6) is 0 Å². The summed E-state index contributed by atoms with van der Waals surface area (Å²) in [5.74, 6) is -0.226. The summed E-state index contributed by atoms with van der Waals surface area (Å²) in [6.07, 6.45) is 1.53. The first-order valence-corrected chi connectivity index (χ1v) is 6.77. The van der Waals surface area contributed by atoms with Crippen LogP contribution in [-0.2, 0) is 4.79 Å². The van der Waals surface area contributed by atoms with E-state index in [1.165, 1.54) is 6.92 Å². The van der Waals surface area contributed by atoms with Crippen molar-refractivity contribution < 1.29 is 14.7 Å². The van der Waals surface area contributed by atoms with Crippen LogP contribution in [-0.4, -0.2) is 40.5 Å². The van der Waals surface area contributed by atoms with E-state index >= 15 is 0 Å². The van der Waals surface area contributed by atoms with Crippen molar-refractivity contribution >= 4 is 17.5 Å². The number of aliphatic hydroxyl groups is 1. The molecule has 0 spiro atoms. The monoisotopic (exact) mass is 276 g/mol. The number of β-amino-alcohol motifs (C(OH)–C–C–N with tert-alkyl or cyclic N) is 1. The topological polar surface area (TPSA) is 69.6 Å². The Bertz CT molecular complexity index is 508. The van der Waals surface area contributed by atoms with Gasteiger partial charge in [0.15, 0.2) is 0 Å². The third-order valence-electron chi connectivity index (χ3n) is 3.41. The molecule has 5 nitrogen and oxygen atoms in total. The number of carbonyl (C=O) groups is 2. The molecule has 0 aliphatic carbocycles. The second-order valence-corrected chi connectivity index (χ2v) is 5.59. The molecule has 1 fully saturated rings. The highest BCUT2D eigenvalue weighted by molar-refractivity contribution is 5.95. The third kappa shape index (κ3) is 3.57. The zero-order chi connectivity index (χ0) is 14.8. The molecule has 0 saturated carbocycles. The predicted molar refractivity (Wildman–Crippen MR) is 76.5 cm³/mol. The smallest absolute Gasteiger partial charge is 0.253 e. The lowest BCUT2D eigenvalue weighted by molar-refractivity contribution is -0.114. The molecule has 0 bridgehead atoms. The highest BCUT2D eigenvalue weighted by Crippen LogP contribution is 2.22. The Morgan fingerprint density at radius 1 is 1.30 bits per heavy atom. The number of hydrogen-bond acceptors (Lipinski definition) is 3. The minimum absolute atomic E-state index is 0.0839. The molecular weight excluding hydrogens is 256 g/mol. The Morgan fingerprint density at radius 3 is 2.50 bits per heavy atom. The Kier molecular flexibility index (Phi) is 4.09. The largest absolute Gasteiger partial charge is 0.388 e. The number of benzene rings is 1. The molecule has 1 heterocycles. The SMILES string of the molecule is CC(=O)Nc1ccc(C(=O)N2CCCC(C)(O)C2)cc1. The molecule has 1 aromatic rings. The van der Waals surface area contributed by atoms with E-state index in [9.17, 15) is 14.7 Å². The van der Waals surface area contributed by atoms with Gasteiger partial charge in [0.05, 0.1) is 5.60 Å². The van der Waals surface area contributed by atoms with Gasteiger partial charge >= 0.3 is 0 Å². The minimum atomic E-state index is -0.802. The van der Waals surface area contributed by atoms with Crippen molar-refractivity contribution in [2.75, 3.05) is 18.4 Å². The van der Waals surface area contributed by atoms with Gasteiger partial charge < -0.3 is 15.3 Å². The van der Waals surface area contributed by atoms with Gasteiger partial charge in [-0.2, -0.15) is 0 Å². The van der Waals surface area contributed by atoms with Crippen molar-refractivity contribution in [2.45, 2.75) is 32.3 Å². The van der Waals surface area contributed by atoms with Gasteiger partial charge in [-0.15, -0.1) is 0 Å². The van der Waals surface area contributed by atoms with Crippen LogP contribution in [0.4, 0.5) is 5.69 Å². The maximum Gasteiger partial charge on any atom is 0.253 e. The molecule has 2 rings (SSSR count). The number of anilines is 1. The number of nitrogens with zero attached hydrogens (tertiary/aromatic N) is 1. The Morgan fingerprint density at radius 2 is 1.95 bits per heavy atom. The average molecular weight is 276 g/mol. The molecule has 2 amide bonds. The lowest BCUT2D eigenvalue weighted by atomic mass is 9.94. The van der Waals surface area contributed by atoms with Gasteiger partial charge in [-0.25, -0.2) is 0 Å². The van der Waals surface area contributed by atoms with E-state index in [4.69, 9.17) is 0 Å². The number of piperidine rings is 1.